The van der Waals surface area contributed by atoms with Crippen LogP contribution in [-0.4, -0.2) is 33.0 Å². The van der Waals surface area contributed by atoms with E-state index >= 15 is 0 Å². The van der Waals surface area contributed by atoms with Crippen molar-refractivity contribution in [1.82, 2.24) is 5.32 Å². The molecule has 0 aliphatic heterocycles. The molecule has 0 aliphatic carbocycles. The molecule has 0 bridgehead atoms. The lowest BCUT2D eigenvalue weighted by molar-refractivity contribution is -0.174. The highest BCUT2D eigenvalue weighted by Gasteiger charge is 2.27. The molecule has 1 rings (SSSR count). The van der Waals surface area contributed by atoms with E-state index in [2.05, 4.69) is 26.0 Å². The number of hydrogen-bond acceptors (Lipinski definition) is 3. The number of ether oxygens (including phenoxy) is 2. The Morgan fingerprint density at radius 2 is 2.05 bits per heavy atom. The fourth-order valence-corrected chi connectivity index (χ4v) is 2.36. The summed E-state index contributed by atoms with van der Waals surface area (Å²) >= 11 is 3.39. The van der Waals surface area contributed by atoms with Crippen molar-refractivity contribution < 1.29 is 22.6 Å². The number of nitrogens with one attached hydrogen (secondary N) is 1. The lowest BCUT2D eigenvalue weighted by atomic mass is 10.0. The van der Waals surface area contributed by atoms with Crippen molar-refractivity contribution in [2.45, 2.75) is 25.6 Å². The molecule has 0 fully saturated rings. The van der Waals surface area contributed by atoms with Gasteiger partial charge in [-0.25, -0.2) is 0 Å². The monoisotopic (exact) mass is 369 g/mol. The number of alkyl halides is 3. The number of methoxy groups -OCH3 is 1. The van der Waals surface area contributed by atoms with Crippen LogP contribution in [0.2, 0.25) is 0 Å². The summed E-state index contributed by atoms with van der Waals surface area (Å²) in [7, 11) is 1.57. The molecule has 0 saturated heterocycles. The Bertz CT molecular complexity index is 441. The van der Waals surface area contributed by atoms with Crippen LogP contribution in [0.5, 0.6) is 5.75 Å². The molecule has 120 valence electrons. The van der Waals surface area contributed by atoms with Crippen LogP contribution in [0.15, 0.2) is 22.7 Å². The summed E-state index contributed by atoms with van der Waals surface area (Å²) in [5.41, 5.74) is 0.893. The Kier molecular flexibility index (Phi) is 7.48. The predicted molar refractivity (Wildman–Crippen MR) is 78.6 cm³/mol. The van der Waals surface area contributed by atoms with Gasteiger partial charge in [0.1, 0.15) is 12.4 Å². The van der Waals surface area contributed by atoms with Crippen molar-refractivity contribution in [3.8, 4) is 5.75 Å². The summed E-state index contributed by atoms with van der Waals surface area (Å²) in [5, 5.41) is 3.24. The third-order valence-corrected chi connectivity index (χ3v) is 3.33. The molecule has 0 radical (unpaired) electrons. The SMILES string of the molecule is CCNC(CCOCC(F)(F)F)c1cc(Br)ccc1OC. The number of halogens is 4. The number of hydrogen-bond donors (Lipinski definition) is 1. The zero-order valence-electron chi connectivity index (χ0n) is 12.0. The van der Waals surface area contributed by atoms with Crippen LogP contribution in [0.1, 0.15) is 24.9 Å². The van der Waals surface area contributed by atoms with E-state index in [1.165, 1.54) is 0 Å². The van der Waals surface area contributed by atoms with Crippen molar-refractivity contribution in [2.75, 3.05) is 26.9 Å². The third kappa shape index (κ3) is 6.67. The molecule has 0 amide bonds. The van der Waals surface area contributed by atoms with Crippen molar-refractivity contribution in [1.29, 1.82) is 0 Å². The summed E-state index contributed by atoms with van der Waals surface area (Å²) < 4.78 is 47.0. The second kappa shape index (κ2) is 8.60. The van der Waals surface area contributed by atoms with Crippen LogP contribution in [0.4, 0.5) is 13.2 Å². The first-order valence-electron chi connectivity index (χ1n) is 6.58. The average molecular weight is 370 g/mol. The van der Waals surface area contributed by atoms with Gasteiger partial charge in [0, 0.05) is 22.7 Å². The molecular weight excluding hydrogens is 351 g/mol. The van der Waals surface area contributed by atoms with Crippen LogP contribution >= 0.6 is 15.9 Å². The predicted octanol–water partition coefficient (Wildman–Crippen LogP) is 4.08. The van der Waals surface area contributed by atoms with Gasteiger partial charge in [0.2, 0.25) is 0 Å². The van der Waals surface area contributed by atoms with E-state index in [1.807, 2.05) is 25.1 Å². The van der Waals surface area contributed by atoms with Gasteiger partial charge in [-0.05, 0) is 31.2 Å². The van der Waals surface area contributed by atoms with Crippen LogP contribution in [-0.2, 0) is 4.74 Å². The fraction of sp³-hybridized carbons (Fsp3) is 0.571. The zero-order chi connectivity index (χ0) is 15.9. The van der Waals surface area contributed by atoms with Crippen molar-refractivity contribution in [2.24, 2.45) is 0 Å². The van der Waals surface area contributed by atoms with Gasteiger partial charge in [-0.3, -0.25) is 0 Å². The smallest absolute Gasteiger partial charge is 0.411 e. The van der Waals surface area contributed by atoms with Gasteiger partial charge in [0.05, 0.1) is 7.11 Å². The molecule has 1 aromatic carbocycles. The van der Waals surface area contributed by atoms with Crippen molar-refractivity contribution in [3.63, 3.8) is 0 Å². The first kappa shape index (κ1) is 18.3. The minimum atomic E-state index is -4.29. The minimum Gasteiger partial charge on any atom is -0.496 e. The first-order valence-corrected chi connectivity index (χ1v) is 7.38. The number of benzene rings is 1. The van der Waals surface area contributed by atoms with Crippen LogP contribution in [0.25, 0.3) is 0 Å². The maximum absolute atomic E-state index is 12.1. The number of rotatable bonds is 8. The van der Waals surface area contributed by atoms with Gasteiger partial charge in [-0.2, -0.15) is 13.2 Å². The third-order valence-electron chi connectivity index (χ3n) is 2.83. The van der Waals surface area contributed by atoms with Gasteiger partial charge < -0.3 is 14.8 Å². The van der Waals surface area contributed by atoms with E-state index in [-0.39, 0.29) is 12.6 Å². The van der Waals surface area contributed by atoms with E-state index in [4.69, 9.17) is 4.74 Å². The van der Waals surface area contributed by atoms with Gasteiger partial charge in [-0.1, -0.05) is 22.9 Å². The molecule has 1 aromatic rings. The van der Waals surface area contributed by atoms with E-state index in [9.17, 15) is 13.2 Å². The summed E-state index contributed by atoms with van der Waals surface area (Å²) in [4.78, 5) is 0. The zero-order valence-corrected chi connectivity index (χ0v) is 13.6. The highest BCUT2D eigenvalue weighted by Crippen LogP contribution is 2.30. The maximum Gasteiger partial charge on any atom is 0.411 e. The Morgan fingerprint density at radius 1 is 1.33 bits per heavy atom. The van der Waals surface area contributed by atoms with Gasteiger partial charge in [-0.15, -0.1) is 0 Å². The summed E-state index contributed by atoms with van der Waals surface area (Å²) in [5.74, 6) is 0.694. The van der Waals surface area contributed by atoms with Gasteiger partial charge in [0.15, 0.2) is 0 Å². The Morgan fingerprint density at radius 3 is 2.62 bits per heavy atom. The average Bonchev–Trinajstić information content (AvgIpc) is 2.41. The maximum atomic E-state index is 12.1. The normalized spacial score (nSPS) is 13.2. The summed E-state index contributed by atoms with van der Waals surface area (Å²) in [6.45, 7) is 1.43. The molecular formula is C14H19BrF3NO2. The molecule has 21 heavy (non-hydrogen) atoms. The standard InChI is InChI=1S/C14H19BrF3NO2/c1-3-19-12(6-7-21-9-14(16,17)18)11-8-10(15)4-5-13(11)20-2/h4-5,8,12,19H,3,6-7,9H2,1-2H3. The van der Waals surface area contributed by atoms with Crippen molar-refractivity contribution >= 4 is 15.9 Å². The van der Waals surface area contributed by atoms with Crippen LogP contribution in [0, 0.1) is 0 Å². The molecule has 0 aromatic heterocycles. The topological polar surface area (TPSA) is 30.5 Å². The highest BCUT2D eigenvalue weighted by atomic mass is 79.9. The largest absolute Gasteiger partial charge is 0.496 e. The van der Waals surface area contributed by atoms with Crippen molar-refractivity contribution in [3.05, 3.63) is 28.2 Å². The molecule has 3 nitrogen and oxygen atoms in total. The van der Waals surface area contributed by atoms with E-state index in [0.717, 1.165) is 10.0 Å². The quantitative estimate of drug-likeness (QED) is 0.700. The van der Waals surface area contributed by atoms with E-state index in [0.29, 0.717) is 18.7 Å². The highest BCUT2D eigenvalue weighted by molar-refractivity contribution is 9.10. The van der Waals surface area contributed by atoms with E-state index < -0.39 is 12.8 Å². The molecule has 1 atom stereocenters. The summed E-state index contributed by atoms with van der Waals surface area (Å²) in [6, 6.07) is 5.44. The Hall–Kier alpha value is -0.790. The molecule has 1 N–H and O–H groups in total. The van der Waals surface area contributed by atoms with Crippen LogP contribution in [0.3, 0.4) is 0 Å². The first-order chi connectivity index (χ1) is 9.87. The second-order valence-electron chi connectivity index (χ2n) is 4.45. The lowest BCUT2D eigenvalue weighted by Crippen LogP contribution is -2.24. The van der Waals surface area contributed by atoms with Crippen LogP contribution < -0.4 is 10.1 Å². The molecule has 0 aliphatic rings. The molecule has 0 heterocycles. The molecule has 1 unspecified atom stereocenters. The fourth-order valence-electron chi connectivity index (χ4n) is 1.98. The lowest BCUT2D eigenvalue weighted by Gasteiger charge is -2.21. The Balaban J connectivity index is 2.70. The van der Waals surface area contributed by atoms with E-state index in [1.54, 1.807) is 7.11 Å². The molecule has 7 heteroatoms. The van der Waals surface area contributed by atoms with Gasteiger partial charge >= 0.3 is 6.18 Å². The molecule has 0 saturated carbocycles. The minimum absolute atomic E-state index is 0.0207. The van der Waals surface area contributed by atoms with Gasteiger partial charge in [0.25, 0.3) is 0 Å². The Labute approximate surface area is 130 Å². The summed E-state index contributed by atoms with van der Waals surface area (Å²) in [6.07, 6.45) is -3.86. The molecule has 0 spiro atoms. The second-order valence-corrected chi connectivity index (χ2v) is 5.37.